The lowest BCUT2D eigenvalue weighted by Crippen LogP contribution is -2.33. The quantitative estimate of drug-likeness (QED) is 0.165. The number of fused-ring (bicyclic) bond motifs is 18. The minimum atomic E-state index is -2.40. The van der Waals surface area contributed by atoms with Crippen LogP contribution in [0.5, 0.6) is 0 Å². The number of pyridine rings is 10. The number of rotatable bonds is 3. The van der Waals surface area contributed by atoms with Crippen molar-refractivity contribution in [2.24, 2.45) is 0 Å². The molecule has 12 aromatic rings. The van der Waals surface area contributed by atoms with Gasteiger partial charge in [0.25, 0.3) is 0 Å². The molecular weight excluding hydrogens is 1140 g/mol. The van der Waals surface area contributed by atoms with Crippen molar-refractivity contribution in [3.8, 4) is 78.7 Å². The Labute approximate surface area is 553 Å². The van der Waals surface area contributed by atoms with E-state index < -0.39 is 12.7 Å². The van der Waals surface area contributed by atoms with Gasteiger partial charge in [0.1, 0.15) is 0 Å². The average molecular weight is 1220 g/mol. The molecule has 5 aliphatic heterocycles. The highest BCUT2D eigenvalue weighted by Crippen LogP contribution is 2.38. The summed E-state index contributed by atoms with van der Waals surface area (Å²) in [7, 11) is 0. The van der Waals surface area contributed by atoms with Crippen molar-refractivity contribution in [2.75, 3.05) is 0 Å². The zero-order valence-corrected chi connectivity index (χ0v) is 54.2. The van der Waals surface area contributed by atoms with Crippen molar-refractivity contribution in [3.63, 3.8) is 0 Å². The van der Waals surface area contributed by atoms with Gasteiger partial charge in [0.2, 0.25) is 28.5 Å². The van der Waals surface area contributed by atoms with Gasteiger partial charge in [-0.15, -0.1) is 0 Å². The summed E-state index contributed by atoms with van der Waals surface area (Å²) in [6, 6.07) is 46.9. The number of aromatic nitrogens is 10. The maximum absolute atomic E-state index is 8.11. The first-order valence-electron chi connectivity index (χ1n) is 35.1. The molecular formula is C83H81N10+5. The number of hydrogen-bond acceptors (Lipinski definition) is 5. The highest BCUT2D eigenvalue weighted by molar-refractivity contribution is 5.76. The molecule has 15 heterocycles. The van der Waals surface area contributed by atoms with Gasteiger partial charge in [0.15, 0.2) is 63.7 Å². The highest BCUT2D eigenvalue weighted by atomic mass is 15.0. The lowest BCUT2D eigenvalue weighted by atomic mass is 9.89. The van der Waals surface area contributed by atoms with Gasteiger partial charge in [-0.1, -0.05) is 56.2 Å². The molecule has 2 aliphatic carbocycles. The van der Waals surface area contributed by atoms with Crippen LogP contribution >= 0.6 is 0 Å². The Kier molecular flexibility index (Phi) is 14.8. The predicted octanol–water partition coefficient (Wildman–Crippen LogP) is 14.7. The number of nitrogens with zero attached hydrogens (tertiary/aromatic N) is 10. The minimum absolute atomic E-state index is 0.296. The normalized spacial score (nSPS) is 15.1. The molecule has 0 amide bonds. The first-order valence-corrected chi connectivity index (χ1v) is 33.1. The van der Waals surface area contributed by atoms with Crippen molar-refractivity contribution < 1.29 is 28.3 Å². The van der Waals surface area contributed by atoms with Crippen LogP contribution in [0.15, 0.2) is 202 Å². The molecule has 0 bridgehead atoms. The smallest absolute Gasteiger partial charge is 0.218 e. The molecule has 0 saturated heterocycles. The van der Waals surface area contributed by atoms with Gasteiger partial charge in [0.05, 0.1) is 44.9 Å². The lowest BCUT2D eigenvalue weighted by molar-refractivity contribution is -0.672. The molecule has 93 heavy (non-hydrogen) atoms. The van der Waals surface area contributed by atoms with Crippen LogP contribution in [0.3, 0.4) is 0 Å². The van der Waals surface area contributed by atoms with Crippen LogP contribution < -0.4 is 22.8 Å². The van der Waals surface area contributed by atoms with E-state index >= 15 is 0 Å². The molecule has 0 saturated carbocycles. The van der Waals surface area contributed by atoms with Crippen molar-refractivity contribution in [3.05, 3.63) is 285 Å². The molecule has 1 unspecified atom stereocenters. The second-order valence-corrected chi connectivity index (χ2v) is 26.0. The molecule has 19 rings (SSSR count). The molecule has 2 aromatic carbocycles. The van der Waals surface area contributed by atoms with Crippen molar-refractivity contribution >= 4 is 0 Å². The fourth-order valence-electron chi connectivity index (χ4n) is 15.3. The second-order valence-electron chi connectivity index (χ2n) is 26.0. The van der Waals surface area contributed by atoms with Gasteiger partial charge in [-0.05, 0) is 174 Å². The summed E-state index contributed by atoms with van der Waals surface area (Å²) < 4.78 is 42.1. The highest BCUT2D eigenvalue weighted by Gasteiger charge is 2.34. The van der Waals surface area contributed by atoms with Gasteiger partial charge >= 0.3 is 0 Å². The van der Waals surface area contributed by atoms with Crippen LogP contribution in [0, 0.1) is 34.6 Å². The number of hydrogen-bond donors (Lipinski definition) is 0. The summed E-state index contributed by atoms with van der Waals surface area (Å²) in [6.07, 6.45) is 32.8. The molecule has 10 heteroatoms. The van der Waals surface area contributed by atoms with Gasteiger partial charge < -0.3 is 0 Å². The van der Waals surface area contributed by atoms with E-state index in [0.717, 1.165) is 60.1 Å². The molecule has 1 atom stereocenters. The summed E-state index contributed by atoms with van der Waals surface area (Å²) in [5.74, 6) is -1.69. The fourth-order valence-corrected chi connectivity index (χ4v) is 15.3. The lowest BCUT2D eigenvalue weighted by Gasteiger charge is -2.15. The second kappa shape index (κ2) is 25.2. The predicted molar refractivity (Wildman–Crippen MR) is 367 cm³/mol. The first kappa shape index (κ1) is 54.7. The first-order chi connectivity index (χ1) is 47.0. The zero-order valence-electron chi connectivity index (χ0n) is 58.2. The van der Waals surface area contributed by atoms with Crippen LogP contribution in [0.25, 0.3) is 78.7 Å². The van der Waals surface area contributed by atoms with Crippen LogP contribution in [-0.2, 0) is 58.4 Å². The Bertz CT molecular complexity index is 5070. The van der Waals surface area contributed by atoms with E-state index in [-0.39, 0.29) is 0 Å². The van der Waals surface area contributed by atoms with Crippen molar-refractivity contribution in [1.82, 2.24) is 24.9 Å². The minimum Gasteiger partial charge on any atom is -0.264 e. The van der Waals surface area contributed by atoms with Crippen LogP contribution in [-0.4, -0.2) is 24.9 Å². The van der Waals surface area contributed by atoms with E-state index in [1.54, 1.807) is 34.5 Å². The Balaban J connectivity index is 0.000000102. The van der Waals surface area contributed by atoms with E-state index in [4.69, 9.17) is 10.5 Å². The number of aryl methyl sites for hydroxylation is 8. The Morgan fingerprint density at radius 3 is 1.85 bits per heavy atom. The van der Waals surface area contributed by atoms with Crippen molar-refractivity contribution in [1.29, 1.82) is 0 Å². The van der Waals surface area contributed by atoms with E-state index in [1.165, 1.54) is 159 Å². The maximum atomic E-state index is 8.11. The molecule has 0 radical (unpaired) electrons. The summed E-state index contributed by atoms with van der Waals surface area (Å²) in [5, 5.41) is 0. The average Bonchev–Trinajstić information content (AvgIpc) is 1.58. The molecule has 7 aliphatic rings. The van der Waals surface area contributed by atoms with Crippen LogP contribution in [0.2, 0.25) is 0 Å². The molecule has 10 aromatic heterocycles. The summed E-state index contributed by atoms with van der Waals surface area (Å²) in [4.78, 5) is 22.1. The third-order valence-electron chi connectivity index (χ3n) is 19.9. The summed E-state index contributed by atoms with van der Waals surface area (Å²) in [5.41, 5.74) is 36.8. The standard InChI is InChI=1S/C27H25N2.2C15H15N2.C14H15N2.C12H11N2/c1-17-8-5-6-11-23(17)21-12-13-25-27-20(4)28-24(14-22(27)16-29(25)15-21)26-18(2)9-7-10-19(26)3;1-2-4-13-11(3-1)6-8-17-10-12-5-7-16-9-14(12)15(13)17;1-2-4-12-9-17-10-13-5-6-16-8-14(13)15(17)7-11(12)3-1;1-10(2)13-7-11-9-16-6-4-3-5-14(16)12(11)8-15-13;1-9-12-10(5-6-13-9)8-14-7-3-2-4-11(12)14/h5-15H,16H2,1-4H3;2*5-9H,1-4,10H2;3-8,10H,9H2,1-2H3;2-7H,8H2,1H3/q5*+1/i;;;1D3,10D;. The van der Waals surface area contributed by atoms with Gasteiger partial charge in [-0.2, -0.15) is 22.8 Å². The molecule has 458 valence electrons. The fraction of sp³-hybridized carbons (Fsp3) is 0.253. The maximum Gasteiger partial charge on any atom is 0.218 e. The van der Waals surface area contributed by atoms with Crippen molar-refractivity contribution in [2.45, 2.75) is 138 Å². The molecule has 10 nitrogen and oxygen atoms in total. The Morgan fingerprint density at radius 2 is 1.04 bits per heavy atom. The Morgan fingerprint density at radius 1 is 0.419 bits per heavy atom. The summed E-state index contributed by atoms with van der Waals surface area (Å²) >= 11 is 0. The topological polar surface area (TPSA) is 83.8 Å². The van der Waals surface area contributed by atoms with Gasteiger partial charge in [-0.25, -0.2) is 0 Å². The summed E-state index contributed by atoms with van der Waals surface area (Å²) in [6.45, 7) is 14.3. The molecule has 0 N–H and O–H groups in total. The van der Waals surface area contributed by atoms with E-state index in [2.05, 4.69) is 211 Å². The largest absolute Gasteiger partial charge is 0.264 e. The molecule has 0 fully saturated rings. The number of benzene rings is 2. The Hall–Kier alpha value is -10.1. The van der Waals surface area contributed by atoms with Crippen LogP contribution in [0.1, 0.15) is 135 Å². The SMILES string of the molecule is Cc1ccccc1-c1ccc2[n+](c1)Cc1cc(-c3c(C)cccc3C)nc(C)c1-2.Cc1nccc2c1-c1cccc[n+]1C2.[2H]C([2H])([2H])C([2H])(C)c1cc2c(cn1)-c1cccc[n+]1C2.c1cc2c(cn1)-c1c3c(cc[n+]1C2)CCCC3.c1cc2c(cn1)-c1cc3c(c[n+]1C2)CCCC3. The third kappa shape index (κ3) is 11.4. The van der Waals surface area contributed by atoms with E-state index in [1.807, 2.05) is 55.4 Å². The van der Waals surface area contributed by atoms with Gasteiger partial charge in [-0.3, -0.25) is 24.9 Å². The molecule has 0 spiro atoms. The van der Waals surface area contributed by atoms with E-state index in [0.29, 0.717) is 12.2 Å². The van der Waals surface area contributed by atoms with Crippen LogP contribution in [0.4, 0.5) is 0 Å². The van der Waals surface area contributed by atoms with E-state index in [9.17, 15) is 0 Å². The zero-order chi connectivity index (χ0) is 66.7. The third-order valence-corrected chi connectivity index (χ3v) is 19.9. The van der Waals surface area contributed by atoms with Gasteiger partial charge in [0, 0.05) is 141 Å². The monoisotopic (exact) mass is 1220 g/mol.